The van der Waals surface area contributed by atoms with E-state index in [2.05, 4.69) is 10.2 Å². The molecule has 1 aromatic heterocycles. The largest absolute Gasteiger partial charge is 0.394 e. The fourth-order valence-electron chi connectivity index (χ4n) is 1.65. The molecule has 2 aromatic rings. The van der Waals surface area contributed by atoms with Gasteiger partial charge in [0.25, 0.3) is 5.69 Å². The molecule has 112 valence electrons. The number of non-ortho nitro benzene ring substituents is 1. The summed E-state index contributed by atoms with van der Waals surface area (Å²) in [7, 11) is 1.77. The van der Waals surface area contributed by atoms with Crippen molar-refractivity contribution in [2.24, 2.45) is 7.05 Å². The summed E-state index contributed by atoms with van der Waals surface area (Å²) >= 11 is 1.27. The molecular weight excluding hydrogens is 296 g/mol. The van der Waals surface area contributed by atoms with Crippen LogP contribution in [0.2, 0.25) is 0 Å². The van der Waals surface area contributed by atoms with Gasteiger partial charge in [-0.25, -0.2) is 0 Å². The van der Waals surface area contributed by atoms with Crippen LogP contribution in [0.25, 0.3) is 11.4 Å². The van der Waals surface area contributed by atoms with Crippen LogP contribution in [0.4, 0.5) is 5.69 Å². The summed E-state index contributed by atoms with van der Waals surface area (Å²) in [5.41, 5.74) is 0.728. The Kier molecular flexibility index (Phi) is 4.89. The molecule has 0 saturated heterocycles. The molecule has 0 amide bonds. The maximum absolute atomic E-state index is 10.6. The molecule has 21 heavy (non-hydrogen) atoms. The van der Waals surface area contributed by atoms with Crippen LogP contribution in [0.1, 0.15) is 0 Å². The Morgan fingerprint density at radius 3 is 2.62 bits per heavy atom. The maximum atomic E-state index is 10.6. The zero-order valence-corrected chi connectivity index (χ0v) is 12.0. The third kappa shape index (κ3) is 3.57. The first-order chi connectivity index (χ1) is 10.0. The number of rotatable bonds is 6. The minimum absolute atomic E-state index is 0.0154. The van der Waals surface area contributed by atoms with Crippen LogP contribution in [0.15, 0.2) is 29.4 Å². The predicted molar refractivity (Wildman–Crippen MR) is 76.9 cm³/mol. The van der Waals surface area contributed by atoms with E-state index in [4.69, 9.17) is 5.11 Å². The lowest BCUT2D eigenvalue weighted by Gasteiger charge is -2.06. The summed E-state index contributed by atoms with van der Waals surface area (Å²) in [6.07, 6.45) is -0.811. The molecule has 0 spiro atoms. The number of aromatic nitrogens is 3. The topological polar surface area (TPSA) is 114 Å². The molecule has 2 N–H and O–H groups in total. The lowest BCUT2D eigenvalue weighted by atomic mass is 10.2. The Balaban J connectivity index is 2.17. The highest BCUT2D eigenvalue weighted by Crippen LogP contribution is 2.24. The molecule has 0 saturated carbocycles. The average molecular weight is 310 g/mol. The third-order valence-corrected chi connectivity index (χ3v) is 3.95. The van der Waals surface area contributed by atoms with Gasteiger partial charge in [-0.2, -0.15) is 0 Å². The number of nitrogens with zero attached hydrogens (tertiary/aromatic N) is 4. The normalized spacial score (nSPS) is 12.3. The van der Waals surface area contributed by atoms with Gasteiger partial charge >= 0.3 is 0 Å². The fourth-order valence-corrected chi connectivity index (χ4v) is 2.47. The van der Waals surface area contributed by atoms with E-state index < -0.39 is 11.0 Å². The first-order valence-corrected chi connectivity index (χ1v) is 7.07. The zero-order chi connectivity index (χ0) is 15.4. The monoisotopic (exact) mass is 310 g/mol. The van der Waals surface area contributed by atoms with E-state index >= 15 is 0 Å². The van der Waals surface area contributed by atoms with Gasteiger partial charge in [-0.1, -0.05) is 11.8 Å². The van der Waals surface area contributed by atoms with Gasteiger partial charge in [-0.05, 0) is 12.1 Å². The van der Waals surface area contributed by atoms with Gasteiger partial charge in [0.05, 0.1) is 17.6 Å². The van der Waals surface area contributed by atoms with Crippen molar-refractivity contribution in [1.82, 2.24) is 14.8 Å². The number of aliphatic hydroxyl groups excluding tert-OH is 2. The molecule has 0 radical (unpaired) electrons. The lowest BCUT2D eigenvalue weighted by Crippen LogP contribution is -2.15. The summed E-state index contributed by atoms with van der Waals surface area (Å²) < 4.78 is 1.73. The summed E-state index contributed by atoms with van der Waals surface area (Å²) in [4.78, 5) is 10.2. The third-order valence-electron chi connectivity index (χ3n) is 2.79. The summed E-state index contributed by atoms with van der Waals surface area (Å²) in [6.45, 7) is -0.305. The van der Waals surface area contributed by atoms with Gasteiger partial charge in [-0.3, -0.25) is 10.1 Å². The van der Waals surface area contributed by atoms with Crippen molar-refractivity contribution in [2.75, 3.05) is 12.4 Å². The number of aliphatic hydroxyl groups is 2. The molecule has 0 bridgehead atoms. The van der Waals surface area contributed by atoms with Crippen LogP contribution >= 0.6 is 11.8 Å². The average Bonchev–Trinajstić information content (AvgIpc) is 2.86. The number of nitro groups is 1. The number of benzene rings is 1. The Labute approximate surface area is 124 Å². The van der Waals surface area contributed by atoms with E-state index in [-0.39, 0.29) is 12.3 Å². The van der Waals surface area contributed by atoms with Crippen LogP contribution < -0.4 is 0 Å². The van der Waals surface area contributed by atoms with E-state index in [1.165, 1.54) is 23.9 Å². The Bertz CT molecular complexity index is 629. The molecule has 0 aliphatic rings. The number of thioether (sulfide) groups is 1. The second kappa shape index (κ2) is 6.66. The summed E-state index contributed by atoms with van der Waals surface area (Å²) in [6, 6.07) is 6.04. The standard InChI is InChI=1S/C12H14N4O4S/c1-15-11(8-2-4-9(5-3-8)16(19)20)13-14-12(15)21-7-10(18)6-17/h2-5,10,17-18H,6-7H2,1H3. The van der Waals surface area contributed by atoms with Crippen molar-refractivity contribution in [2.45, 2.75) is 11.3 Å². The van der Waals surface area contributed by atoms with Gasteiger partial charge in [0.1, 0.15) is 0 Å². The van der Waals surface area contributed by atoms with Crippen LogP contribution in [0, 0.1) is 10.1 Å². The Morgan fingerprint density at radius 2 is 2.05 bits per heavy atom. The maximum Gasteiger partial charge on any atom is 0.269 e. The first kappa shape index (κ1) is 15.4. The highest BCUT2D eigenvalue weighted by Gasteiger charge is 2.14. The van der Waals surface area contributed by atoms with Crippen molar-refractivity contribution in [3.63, 3.8) is 0 Å². The molecule has 8 nitrogen and oxygen atoms in total. The molecule has 1 heterocycles. The highest BCUT2D eigenvalue weighted by molar-refractivity contribution is 7.99. The van der Waals surface area contributed by atoms with Crippen LogP contribution in [-0.2, 0) is 7.05 Å². The van der Waals surface area contributed by atoms with Crippen LogP contribution in [0.3, 0.4) is 0 Å². The Hall–Kier alpha value is -1.97. The van der Waals surface area contributed by atoms with E-state index in [1.54, 1.807) is 23.7 Å². The van der Waals surface area contributed by atoms with Crippen molar-refractivity contribution < 1.29 is 15.1 Å². The molecule has 0 fully saturated rings. The molecule has 1 atom stereocenters. The number of hydrogen-bond donors (Lipinski definition) is 2. The molecule has 0 aliphatic heterocycles. The highest BCUT2D eigenvalue weighted by atomic mass is 32.2. The molecule has 2 rings (SSSR count). The zero-order valence-electron chi connectivity index (χ0n) is 11.2. The van der Waals surface area contributed by atoms with Crippen molar-refractivity contribution >= 4 is 17.4 Å². The first-order valence-electron chi connectivity index (χ1n) is 6.09. The Morgan fingerprint density at radius 1 is 1.38 bits per heavy atom. The van der Waals surface area contributed by atoms with Gasteiger partial charge in [0, 0.05) is 30.5 Å². The van der Waals surface area contributed by atoms with Gasteiger partial charge in [0.2, 0.25) is 0 Å². The van der Waals surface area contributed by atoms with Crippen molar-refractivity contribution in [3.05, 3.63) is 34.4 Å². The van der Waals surface area contributed by atoms with E-state index in [1.807, 2.05) is 0 Å². The van der Waals surface area contributed by atoms with E-state index in [0.717, 1.165) is 0 Å². The number of hydrogen-bond acceptors (Lipinski definition) is 7. The molecule has 9 heteroatoms. The minimum atomic E-state index is -0.811. The SMILES string of the molecule is Cn1c(SCC(O)CO)nnc1-c1ccc([N+](=O)[O-])cc1. The summed E-state index contributed by atoms with van der Waals surface area (Å²) in [5, 5.41) is 37.4. The number of nitro benzene ring substituents is 1. The molecule has 1 aromatic carbocycles. The lowest BCUT2D eigenvalue weighted by molar-refractivity contribution is -0.384. The van der Waals surface area contributed by atoms with Crippen molar-refractivity contribution in [3.8, 4) is 11.4 Å². The van der Waals surface area contributed by atoms with Crippen LogP contribution in [0.5, 0.6) is 0 Å². The predicted octanol–water partition coefficient (Wildman–Crippen LogP) is 0.836. The van der Waals surface area contributed by atoms with Crippen molar-refractivity contribution in [1.29, 1.82) is 0 Å². The van der Waals surface area contributed by atoms with Crippen LogP contribution in [-0.4, -0.2) is 48.4 Å². The second-order valence-electron chi connectivity index (χ2n) is 4.32. The second-order valence-corrected chi connectivity index (χ2v) is 5.30. The van der Waals surface area contributed by atoms with Gasteiger partial charge < -0.3 is 14.8 Å². The van der Waals surface area contributed by atoms with E-state index in [9.17, 15) is 15.2 Å². The van der Waals surface area contributed by atoms with Gasteiger partial charge in [0.15, 0.2) is 11.0 Å². The fraction of sp³-hybridized carbons (Fsp3) is 0.333. The quantitative estimate of drug-likeness (QED) is 0.461. The molecule has 1 unspecified atom stereocenters. The summed E-state index contributed by atoms with van der Waals surface area (Å²) in [5.74, 6) is 0.883. The minimum Gasteiger partial charge on any atom is -0.394 e. The smallest absolute Gasteiger partial charge is 0.269 e. The molecular formula is C12H14N4O4S. The van der Waals surface area contributed by atoms with Gasteiger partial charge in [-0.15, -0.1) is 10.2 Å². The van der Waals surface area contributed by atoms with E-state index in [0.29, 0.717) is 22.3 Å². The molecule has 0 aliphatic carbocycles.